The Morgan fingerprint density at radius 2 is 1.80 bits per heavy atom. The molecule has 0 saturated carbocycles. The Bertz CT molecular complexity index is 809. The molecule has 0 spiro atoms. The third kappa shape index (κ3) is 4.54. The number of aryl methyl sites for hydroxylation is 1. The molecule has 0 saturated heterocycles. The molecule has 0 aliphatic rings. The summed E-state index contributed by atoms with van der Waals surface area (Å²) in [4.78, 5) is 11.8. The van der Waals surface area contributed by atoms with Crippen molar-refractivity contribution >= 4 is 28.9 Å². The van der Waals surface area contributed by atoms with Gasteiger partial charge in [-0.25, -0.2) is 9.18 Å². The van der Waals surface area contributed by atoms with E-state index in [9.17, 15) is 22.4 Å². The SMILES string of the molecule is COC(=O)c1c(Nc2ccc(OC(F)(F)F)cc2C)ccc(Cl)c1F. The van der Waals surface area contributed by atoms with E-state index in [1.165, 1.54) is 25.1 Å². The third-order valence-electron chi connectivity index (χ3n) is 3.19. The second-order valence-corrected chi connectivity index (χ2v) is 5.33. The Balaban J connectivity index is 2.37. The second-order valence-electron chi connectivity index (χ2n) is 4.93. The van der Waals surface area contributed by atoms with Crippen LogP contribution in [-0.4, -0.2) is 19.4 Å². The van der Waals surface area contributed by atoms with Crippen molar-refractivity contribution < 1.29 is 31.8 Å². The number of benzene rings is 2. The molecule has 0 radical (unpaired) electrons. The number of methoxy groups -OCH3 is 1. The van der Waals surface area contributed by atoms with E-state index in [0.717, 1.165) is 19.2 Å². The van der Waals surface area contributed by atoms with Crippen molar-refractivity contribution in [1.29, 1.82) is 0 Å². The van der Waals surface area contributed by atoms with Gasteiger partial charge in [-0.3, -0.25) is 0 Å². The summed E-state index contributed by atoms with van der Waals surface area (Å²) in [7, 11) is 1.08. The lowest BCUT2D eigenvalue weighted by Gasteiger charge is -2.15. The highest BCUT2D eigenvalue weighted by molar-refractivity contribution is 6.31. The quantitative estimate of drug-likeness (QED) is 0.586. The Hall–Kier alpha value is -2.48. The first-order chi connectivity index (χ1) is 11.6. The molecule has 2 aromatic carbocycles. The first kappa shape index (κ1) is 18.9. The molecular formula is C16H12ClF4NO3. The molecule has 0 atom stereocenters. The zero-order valence-corrected chi connectivity index (χ0v) is 13.8. The number of ether oxygens (including phenoxy) is 2. The molecule has 0 amide bonds. The minimum absolute atomic E-state index is 0.0568. The molecule has 0 heterocycles. The van der Waals surface area contributed by atoms with E-state index in [2.05, 4.69) is 14.8 Å². The van der Waals surface area contributed by atoms with Gasteiger partial charge in [-0.15, -0.1) is 13.2 Å². The van der Waals surface area contributed by atoms with E-state index in [1.54, 1.807) is 0 Å². The molecule has 0 aliphatic heterocycles. The average molecular weight is 378 g/mol. The van der Waals surface area contributed by atoms with Crippen molar-refractivity contribution in [3.05, 3.63) is 52.3 Å². The maximum atomic E-state index is 14.1. The molecule has 0 aromatic heterocycles. The highest BCUT2D eigenvalue weighted by atomic mass is 35.5. The van der Waals surface area contributed by atoms with Crippen LogP contribution in [0.5, 0.6) is 5.75 Å². The number of anilines is 2. The molecule has 2 aromatic rings. The van der Waals surface area contributed by atoms with Crippen LogP contribution < -0.4 is 10.1 Å². The normalized spacial score (nSPS) is 11.2. The molecule has 25 heavy (non-hydrogen) atoms. The predicted molar refractivity (Wildman–Crippen MR) is 83.9 cm³/mol. The molecule has 0 fully saturated rings. The summed E-state index contributed by atoms with van der Waals surface area (Å²) in [6.07, 6.45) is -4.81. The maximum Gasteiger partial charge on any atom is 0.573 e. The van der Waals surface area contributed by atoms with Gasteiger partial charge in [-0.2, -0.15) is 0 Å². The van der Waals surface area contributed by atoms with Gasteiger partial charge >= 0.3 is 12.3 Å². The number of carbonyl (C=O) groups is 1. The van der Waals surface area contributed by atoms with Gasteiger partial charge in [0, 0.05) is 5.69 Å². The summed E-state index contributed by atoms with van der Waals surface area (Å²) < 4.78 is 59.2. The number of rotatable bonds is 4. The topological polar surface area (TPSA) is 47.6 Å². The number of nitrogens with one attached hydrogen (secondary N) is 1. The van der Waals surface area contributed by atoms with Gasteiger partial charge in [0.2, 0.25) is 0 Å². The van der Waals surface area contributed by atoms with Crippen LogP contribution in [0.4, 0.5) is 28.9 Å². The summed E-state index contributed by atoms with van der Waals surface area (Å²) in [5.74, 6) is -2.31. The molecule has 0 aliphatic carbocycles. The number of alkyl halides is 3. The van der Waals surface area contributed by atoms with Crippen molar-refractivity contribution in [3.63, 3.8) is 0 Å². The number of halogens is 5. The Labute approximate surface area is 145 Å². The van der Waals surface area contributed by atoms with Gasteiger partial charge in [0.1, 0.15) is 11.3 Å². The molecule has 4 nitrogen and oxygen atoms in total. The van der Waals surface area contributed by atoms with Crippen molar-refractivity contribution in [2.45, 2.75) is 13.3 Å². The fraction of sp³-hybridized carbons (Fsp3) is 0.188. The van der Waals surface area contributed by atoms with Gasteiger partial charge in [0.15, 0.2) is 5.82 Å². The van der Waals surface area contributed by atoms with Gasteiger partial charge in [0.25, 0.3) is 0 Å². The zero-order valence-electron chi connectivity index (χ0n) is 13.0. The van der Waals surface area contributed by atoms with E-state index in [0.29, 0.717) is 11.3 Å². The van der Waals surface area contributed by atoms with Gasteiger partial charge in [-0.1, -0.05) is 11.6 Å². The zero-order chi connectivity index (χ0) is 18.8. The summed E-state index contributed by atoms with van der Waals surface area (Å²) in [6, 6.07) is 6.15. The van der Waals surface area contributed by atoms with Gasteiger partial charge < -0.3 is 14.8 Å². The molecular weight excluding hydrogens is 366 g/mol. The molecule has 0 bridgehead atoms. The van der Waals surface area contributed by atoms with Crippen LogP contribution in [0.2, 0.25) is 5.02 Å². The molecule has 0 unspecified atom stereocenters. The average Bonchev–Trinajstić information content (AvgIpc) is 2.51. The smallest absolute Gasteiger partial charge is 0.465 e. The fourth-order valence-electron chi connectivity index (χ4n) is 2.08. The van der Waals surface area contributed by atoms with Crippen LogP contribution in [0.25, 0.3) is 0 Å². The third-order valence-corrected chi connectivity index (χ3v) is 3.48. The van der Waals surface area contributed by atoms with Crippen LogP contribution in [0.1, 0.15) is 15.9 Å². The minimum Gasteiger partial charge on any atom is -0.465 e. The fourth-order valence-corrected chi connectivity index (χ4v) is 2.23. The first-order valence-electron chi connectivity index (χ1n) is 6.82. The van der Waals surface area contributed by atoms with Crippen LogP contribution >= 0.6 is 11.6 Å². The number of carbonyl (C=O) groups excluding carboxylic acids is 1. The van der Waals surface area contributed by atoms with Crippen LogP contribution in [0.15, 0.2) is 30.3 Å². The van der Waals surface area contributed by atoms with E-state index < -0.39 is 29.5 Å². The molecule has 9 heteroatoms. The van der Waals surface area contributed by atoms with E-state index in [4.69, 9.17) is 11.6 Å². The summed E-state index contributed by atoms with van der Waals surface area (Å²) in [5, 5.41) is 2.51. The summed E-state index contributed by atoms with van der Waals surface area (Å²) in [6.45, 7) is 1.52. The minimum atomic E-state index is -4.81. The Morgan fingerprint density at radius 1 is 1.16 bits per heavy atom. The number of hydrogen-bond acceptors (Lipinski definition) is 4. The Kier molecular flexibility index (Phi) is 5.42. The molecule has 1 N–H and O–H groups in total. The maximum absolute atomic E-state index is 14.1. The lowest BCUT2D eigenvalue weighted by molar-refractivity contribution is -0.274. The van der Waals surface area contributed by atoms with E-state index >= 15 is 0 Å². The largest absolute Gasteiger partial charge is 0.573 e. The van der Waals surface area contributed by atoms with Crippen molar-refractivity contribution in [2.75, 3.05) is 12.4 Å². The van der Waals surface area contributed by atoms with Crippen molar-refractivity contribution in [1.82, 2.24) is 0 Å². The van der Waals surface area contributed by atoms with Gasteiger partial charge in [0.05, 0.1) is 17.8 Å². The van der Waals surface area contributed by atoms with Gasteiger partial charge in [-0.05, 0) is 42.8 Å². The van der Waals surface area contributed by atoms with E-state index in [-0.39, 0.29) is 10.7 Å². The first-order valence-corrected chi connectivity index (χ1v) is 7.20. The highest BCUT2D eigenvalue weighted by Crippen LogP contribution is 2.32. The summed E-state index contributed by atoms with van der Waals surface area (Å²) in [5.41, 5.74) is 0.376. The predicted octanol–water partition coefficient (Wildman–Crippen LogP) is 5.22. The number of hydrogen-bond donors (Lipinski definition) is 1. The van der Waals surface area contributed by atoms with Crippen LogP contribution in [0, 0.1) is 12.7 Å². The summed E-state index contributed by atoms with van der Waals surface area (Å²) >= 11 is 5.67. The highest BCUT2D eigenvalue weighted by Gasteiger charge is 2.31. The monoisotopic (exact) mass is 377 g/mol. The standard InChI is InChI=1S/C16H12ClF4NO3/c1-8-7-9(25-16(19,20)21)3-5-11(8)22-12-6-4-10(17)14(18)13(12)15(23)24-2/h3-7,22H,1-2H3. The van der Waals surface area contributed by atoms with Crippen LogP contribution in [0.3, 0.4) is 0 Å². The molecule has 2 rings (SSSR count). The van der Waals surface area contributed by atoms with Crippen molar-refractivity contribution in [2.24, 2.45) is 0 Å². The van der Waals surface area contributed by atoms with E-state index in [1.807, 2.05) is 0 Å². The van der Waals surface area contributed by atoms with Crippen molar-refractivity contribution in [3.8, 4) is 5.75 Å². The Morgan fingerprint density at radius 3 is 2.36 bits per heavy atom. The molecule has 134 valence electrons. The second kappa shape index (κ2) is 7.18. The number of esters is 1. The van der Waals surface area contributed by atoms with Crippen LogP contribution in [-0.2, 0) is 4.74 Å². The lowest BCUT2D eigenvalue weighted by Crippen LogP contribution is -2.17. The lowest BCUT2D eigenvalue weighted by atomic mass is 10.1.